The molecule has 1 N–H and O–H groups in total. The van der Waals surface area contributed by atoms with E-state index < -0.39 is 0 Å². The van der Waals surface area contributed by atoms with Crippen molar-refractivity contribution in [2.45, 2.75) is 58.5 Å². The number of rotatable bonds is 5. The second-order valence-corrected chi connectivity index (χ2v) is 6.94. The molecule has 0 spiro atoms. The molecule has 2 fully saturated rings. The average molecular weight is 272 g/mol. The Morgan fingerprint density at radius 1 is 1.20 bits per heavy atom. The fourth-order valence-electron chi connectivity index (χ4n) is 3.15. The van der Waals surface area contributed by atoms with E-state index in [2.05, 4.69) is 48.3 Å². The second-order valence-electron chi connectivity index (χ2n) is 6.94. The van der Waals surface area contributed by atoms with Crippen LogP contribution in [0, 0.1) is 5.41 Å². The first-order chi connectivity index (χ1) is 9.70. The first kappa shape index (κ1) is 13.9. The summed E-state index contributed by atoms with van der Waals surface area (Å²) in [5.74, 6) is 0. The molecule has 1 saturated carbocycles. The molecule has 1 aliphatic carbocycles. The van der Waals surface area contributed by atoms with Crippen LogP contribution < -0.4 is 10.2 Å². The lowest BCUT2D eigenvalue weighted by molar-refractivity contribution is 0.238. The fourth-order valence-corrected chi connectivity index (χ4v) is 3.15. The number of benzene rings is 1. The largest absolute Gasteiger partial charge is 0.371 e. The van der Waals surface area contributed by atoms with E-state index in [0.717, 1.165) is 12.6 Å². The summed E-state index contributed by atoms with van der Waals surface area (Å²) in [7, 11) is 0. The molecular formula is C18H28N2. The zero-order valence-corrected chi connectivity index (χ0v) is 13.0. The van der Waals surface area contributed by atoms with Crippen LogP contribution in [-0.4, -0.2) is 19.1 Å². The summed E-state index contributed by atoms with van der Waals surface area (Å²) in [4.78, 5) is 2.60. The zero-order valence-electron chi connectivity index (χ0n) is 13.0. The topological polar surface area (TPSA) is 15.3 Å². The Morgan fingerprint density at radius 3 is 2.55 bits per heavy atom. The molecule has 0 aromatic heterocycles. The Kier molecular flexibility index (Phi) is 4.02. The monoisotopic (exact) mass is 272 g/mol. The van der Waals surface area contributed by atoms with Crippen LogP contribution in [0.3, 0.4) is 0 Å². The molecule has 2 aliphatic rings. The maximum absolute atomic E-state index is 3.65. The van der Waals surface area contributed by atoms with Gasteiger partial charge in [0.05, 0.1) is 0 Å². The predicted molar refractivity (Wildman–Crippen MR) is 86.1 cm³/mol. The van der Waals surface area contributed by atoms with Gasteiger partial charge in [0, 0.05) is 31.4 Å². The molecule has 0 radical (unpaired) electrons. The zero-order chi connectivity index (χ0) is 14.0. The molecule has 2 nitrogen and oxygen atoms in total. The van der Waals surface area contributed by atoms with Gasteiger partial charge in [-0.2, -0.15) is 0 Å². The third kappa shape index (κ3) is 3.17. The van der Waals surface area contributed by atoms with E-state index in [9.17, 15) is 0 Å². The number of nitrogens with zero attached hydrogens (tertiary/aromatic N) is 1. The van der Waals surface area contributed by atoms with Gasteiger partial charge < -0.3 is 10.2 Å². The lowest BCUT2D eigenvalue weighted by Gasteiger charge is -2.40. The summed E-state index contributed by atoms with van der Waals surface area (Å²) in [6, 6.07) is 9.74. The Bertz CT molecular complexity index is 442. The van der Waals surface area contributed by atoms with Gasteiger partial charge in [0.15, 0.2) is 0 Å². The second kappa shape index (κ2) is 5.77. The van der Waals surface area contributed by atoms with Gasteiger partial charge in [-0.05, 0) is 42.7 Å². The number of hydrogen-bond acceptors (Lipinski definition) is 2. The molecule has 1 aromatic carbocycles. The van der Waals surface area contributed by atoms with Gasteiger partial charge in [-0.25, -0.2) is 0 Å². The van der Waals surface area contributed by atoms with Crippen LogP contribution in [0.1, 0.15) is 51.5 Å². The molecular weight excluding hydrogens is 244 g/mol. The quantitative estimate of drug-likeness (QED) is 0.873. The maximum Gasteiger partial charge on any atom is 0.0411 e. The minimum absolute atomic E-state index is 0.567. The summed E-state index contributed by atoms with van der Waals surface area (Å²) >= 11 is 0. The van der Waals surface area contributed by atoms with Gasteiger partial charge >= 0.3 is 0 Å². The van der Waals surface area contributed by atoms with Crippen molar-refractivity contribution < 1.29 is 0 Å². The van der Waals surface area contributed by atoms with Crippen LogP contribution in [-0.2, 0) is 6.54 Å². The SMILES string of the molecule is CCC1(C)CCN(c2ccccc2CNC2CC2)CC1. The summed E-state index contributed by atoms with van der Waals surface area (Å²) in [5, 5.41) is 3.65. The van der Waals surface area contributed by atoms with E-state index in [0.29, 0.717) is 5.41 Å². The Balaban J connectivity index is 1.67. The van der Waals surface area contributed by atoms with Gasteiger partial charge in [0.2, 0.25) is 0 Å². The summed E-state index contributed by atoms with van der Waals surface area (Å²) in [6.07, 6.45) is 6.69. The van der Waals surface area contributed by atoms with Crippen molar-refractivity contribution in [1.29, 1.82) is 0 Å². The van der Waals surface area contributed by atoms with Crippen molar-refractivity contribution in [2.24, 2.45) is 5.41 Å². The molecule has 1 aromatic rings. The van der Waals surface area contributed by atoms with Crippen molar-refractivity contribution in [2.75, 3.05) is 18.0 Å². The van der Waals surface area contributed by atoms with Gasteiger partial charge in [-0.1, -0.05) is 38.5 Å². The van der Waals surface area contributed by atoms with Gasteiger partial charge in [-0.15, -0.1) is 0 Å². The number of nitrogens with one attached hydrogen (secondary N) is 1. The average Bonchev–Trinajstić information content (AvgIpc) is 3.31. The Labute approximate surface area is 123 Å². The highest BCUT2D eigenvalue weighted by Gasteiger charge is 2.29. The maximum atomic E-state index is 3.65. The number of para-hydroxylation sites is 1. The van der Waals surface area contributed by atoms with Crippen molar-refractivity contribution in [3.63, 3.8) is 0 Å². The molecule has 110 valence electrons. The van der Waals surface area contributed by atoms with Crippen LogP contribution >= 0.6 is 0 Å². The lowest BCUT2D eigenvalue weighted by Crippen LogP contribution is -2.39. The molecule has 0 bridgehead atoms. The first-order valence-corrected chi connectivity index (χ1v) is 8.26. The summed E-state index contributed by atoms with van der Waals surface area (Å²) in [6.45, 7) is 8.24. The molecule has 1 saturated heterocycles. The first-order valence-electron chi connectivity index (χ1n) is 8.26. The van der Waals surface area contributed by atoms with Crippen molar-refractivity contribution >= 4 is 5.69 Å². The van der Waals surface area contributed by atoms with Crippen LogP contribution in [0.5, 0.6) is 0 Å². The van der Waals surface area contributed by atoms with Gasteiger partial charge in [0.1, 0.15) is 0 Å². The van der Waals surface area contributed by atoms with E-state index in [4.69, 9.17) is 0 Å². The molecule has 0 unspecified atom stereocenters. The third-order valence-electron chi connectivity index (χ3n) is 5.31. The minimum atomic E-state index is 0.567. The van der Waals surface area contributed by atoms with E-state index in [1.807, 2.05) is 0 Å². The van der Waals surface area contributed by atoms with Crippen LogP contribution in [0.25, 0.3) is 0 Å². The smallest absolute Gasteiger partial charge is 0.0411 e. The van der Waals surface area contributed by atoms with Crippen molar-refractivity contribution in [3.05, 3.63) is 29.8 Å². The third-order valence-corrected chi connectivity index (χ3v) is 5.31. The van der Waals surface area contributed by atoms with Crippen LogP contribution in [0.4, 0.5) is 5.69 Å². The molecule has 20 heavy (non-hydrogen) atoms. The molecule has 2 heteroatoms. The van der Waals surface area contributed by atoms with E-state index in [1.54, 1.807) is 0 Å². The fraction of sp³-hybridized carbons (Fsp3) is 0.667. The Morgan fingerprint density at radius 2 is 1.90 bits per heavy atom. The van der Waals surface area contributed by atoms with E-state index >= 15 is 0 Å². The number of piperidine rings is 1. The molecule has 1 aliphatic heterocycles. The van der Waals surface area contributed by atoms with Gasteiger partial charge in [-0.3, -0.25) is 0 Å². The predicted octanol–water partition coefficient (Wildman–Crippen LogP) is 3.96. The normalized spacial score (nSPS) is 22.0. The van der Waals surface area contributed by atoms with Crippen molar-refractivity contribution in [3.8, 4) is 0 Å². The van der Waals surface area contributed by atoms with Crippen LogP contribution in [0.15, 0.2) is 24.3 Å². The number of anilines is 1. The highest BCUT2D eigenvalue weighted by atomic mass is 15.1. The van der Waals surface area contributed by atoms with Crippen LogP contribution in [0.2, 0.25) is 0 Å². The van der Waals surface area contributed by atoms with Crippen molar-refractivity contribution in [1.82, 2.24) is 5.32 Å². The standard InChI is InChI=1S/C18H28N2/c1-3-18(2)10-12-20(13-11-18)17-7-5-4-6-15(17)14-19-16-8-9-16/h4-7,16,19H,3,8-14H2,1-2H3. The highest BCUT2D eigenvalue weighted by Crippen LogP contribution is 2.36. The van der Waals surface area contributed by atoms with E-state index in [-0.39, 0.29) is 0 Å². The highest BCUT2D eigenvalue weighted by molar-refractivity contribution is 5.54. The number of hydrogen-bond donors (Lipinski definition) is 1. The molecule has 0 amide bonds. The molecule has 0 atom stereocenters. The van der Waals surface area contributed by atoms with E-state index in [1.165, 1.54) is 56.4 Å². The Hall–Kier alpha value is -1.02. The lowest BCUT2D eigenvalue weighted by atomic mass is 9.78. The molecule has 3 rings (SSSR count). The minimum Gasteiger partial charge on any atom is -0.371 e. The molecule has 1 heterocycles. The summed E-state index contributed by atoms with van der Waals surface area (Å²) < 4.78 is 0. The summed E-state index contributed by atoms with van der Waals surface area (Å²) in [5.41, 5.74) is 3.50. The van der Waals surface area contributed by atoms with Gasteiger partial charge in [0.25, 0.3) is 0 Å².